The quantitative estimate of drug-likeness (QED) is 0.628. The van der Waals surface area contributed by atoms with Gasteiger partial charge in [-0.05, 0) is 69.8 Å². The summed E-state index contributed by atoms with van der Waals surface area (Å²) in [5.74, 6) is 1.20. The fourth-order valence-electron chi connectivity index (χ4n) is 3.93. The molecule has 2 aromatic carbocycles. The van der Waals surface area contributed by atoms with E-state index in [4.69, 9.17) is 9.26 Å². The SMILES string of the molecule is Cc1cc(NC(=O)c2cccc(OCc3c(C)noc3C)c2)ccc1N1CCN(C)CC1. The summed E-state index contributed by atoms with van der Waals surface area (Å²) in [5, 5.41) is 6.95. The fourth-order valence-corrected chi connectivity index (χ4v) is 3.93. The molecule has 1 N–H and O–H groups in total. The lowest BCUT2D eigenvalue weighted by molar-refractivity contribution is 0.102. The molecule has 7 heteroatoms. The number of aromatic nitrogens is 1. The predicted molar refractivity (Wildman–Crippen MR) is 126 cm³/mol. The highest BCUT2D eigenvalue weighted by molar-refractivity contribution is 6.04. The van der Waals surface area contributed by atoms with Crippen LogP contribution in [-0.4, -0.2) is 49.2 Å². The van der Waals surface area contributed by atoms with Crippen molar-refractivity contribution in [1.29, 1.82) is 0 Å². The van der Waals surface area contributed by atoms with Crippen molar-refractivity contribution in [3.05, 3.63) is 70.6 Å². The monoisotopic (exact) mass is 434 g/mol. The number of carbonyl (C=O) groups excluding carboxylic acids is 1. The van der Waals surface area contributed by atoms with E-state index in [0.29, 0.717) is 17.9 Å². The summed E-state index contributed by atoms with van der Waals surface area (Å²) < 4.78 is 11.0. The van der Waals surface area contributed by atoms with Gasteiger partial charge in [-0.25, -0.2) is 0 Å². The molecular formula is C25H30N4O3. The molecule has 0 radical (unpaired) electrons. The zero-order chi connectivity index (χ0) is 22.7. The number of piperazine rings is 1. The van der Waals surface area contributed by atoms with Crippen molar-refractivity contribution in [1.82, 2.24) is 10.1 Å². The van der Waals surface area contributed by atoms with Crippen molar-refractivity contribution in [2.45, 2.75) is 27.4 Å². The molecule has 1 fully saturated rings. The average molecular weight is 435 g/mol. The minimum atomic E-state index is -0.167. The van der Waals surface area contributed by atoms with Crippen molar-refractivity contribution in [2.24, 2.45) is 0 Å². The molecule has 7 nitrogen and oxygen atoms in total. The number of nitrogens with one attached hydrogen (secondary N) is 1. The van der Waals surface area contributed by atoms with E-state index in [2.05, 4.69) is 40.3 Å². The highest BCUT2D eigenvalue weighted by Gasteiger charge is 2.17. The molecule has 0 unspecified atom stereocenters. The Kier molecular flexibility index (Phi) is 6.46. The molecule has 1 amide bonds. The number of likely N-dealkylation sites (N-methyl/N-ethyl adjacent to an activating group) is 1. The molecule has 1 aromatic heterocycles. The van der Waals surface area contributed by atoms with Gasteiger partial charge in [0, 0.05) is 43.1 Å². The maximum Gasteiger partial charge on any atom is 0.255 e. The summed E-state index contributed by atoms with van der Waals surface area (Å²) in [7, 11) is 2.15. The molecule has 0 saturated carbocycles. The second-order valence-corrected chi connectivity index (χ2v) is 8.36. The van der Waals surface area contributed by atoms with Crippen LogP contribution in [0.1, 0.15) is 32.9 Å². The van der Waals surface area contributed by atoms with E-state index in [1.807, 2.05) is 38.1 Å². The van der Waals surface area contributed by atoms with Gasteiger partial charge in [-0.1, -0.05) is 11.2 Å². The molecule has 0 bridgehead atoms. The summed E-state index contributed by atoms with van der Waals surface area (Å²) in [6.45, 7) is 10.3. The molecule has 32 heavy (non-hydrogen) atoms. The van der Waals surface area contributed by atoms with Gasteiger partial charge in [0.2, 0.25) is 0 Å². The molecule has 168 valence electrons. The largest absolute Gasteiger partial charge is 0.489 e. The summed E-state index contributed by atoms with van der Waals surface area (Å²) in [4.78, 5) is 17.6. The molecule has 3 aromatic rings. The van der Waals surface area contributed by atoms with Gasteiger partial charge in [0.25, 0.3) is 5.91 Å². The number of rotatable bonds is 6. The second-order valence-electron chi connectivity index (χ2n) is 8.36. The second kappa shape index (κ2) is 9.44. The number of benzene rings is 2. The Balaban J connectivity index is 1.40. The number of anilines is 2. The van der Waals surface area contributed by atoms with E-state index in [1.165, 1.54) is 5.69 Å². The maximum absolute atomic E-state index is 12.8. The molecule has 0 atom stereocenters. The van der Waals surface area contributed by atoms with Gasteiger partial charge in [0.15, 0.2) is 0 Å². The number of aryl methyl sites for hydroxylation is 3. The van der Waals surface area contributed by atoms with Crippen molar-refractivity contribution in [3.63, 3.8) is 0 Å². The van der Waals surface area contributed by atoms with Crippen molar-refractivity contribution in [2.75, 3.05) is 43.4 Å². The normalized spacial score (nSPS) is 14.4. The maximum atomic E-state index is 12.8. The molecule has 2 heterocycles. The molecule has 0 spiro atoms. The van der Waals surface area contributed by atoms with Crippen LogP contribution in [0.3, 0.4) is 0 Å². The molecule has 0 aliphatic carbocycles. The molecular weight excluding hydrogens is 404 g/mol. The van der Waals surface area contributed by atoms with E-state index in [-0.39, 0.29) is 5.91 Å². The lowest BCUT2D eigenvalue weighted by Gasteiger charge is -2.35. The molecule has 1 saturated heterocycles. The molecule has 1 aliphatic heterocycles. The number of ether oxygens (including phenoxy) is 1. The number of amides is 1. The minimum absolute atomic E-state index is 0.167. The zero-order valence-electron chi connectivity index (χ0n) is 19.1. The smallest absolute Gasteiger partial charge is 0.255 e. The van der Waals surface area contributed by atoms with Crippen LogP contribution in [-0.2, 0) is 6.61 Å². The number of hydrogen-bond acceptors (Lipinski definition) is 6. The van der Waals surface area contributed by atoms with Gasteiger partial charge in [0.05, 0.1) is 11.3 Å². The van der Waals surface area contributed by atoms with Crippen molar-refractivity contribution < 1.29 is 14.1 Å². The van der Waals surface area contributed by atoms with Crippen LogP contribution in [0.15, 0.2) is 47.0 Å². The Morgan fingerprint density at radius 3 is 2.56 bits per heavy atom. The van der Waals surface area contributed by atoms with Gasteiger partial charge < -0.3 is 24.4 Å². The van der Waals surface area contributed by atoms with Crippen LogP contribution in [0, 0.1) is 20.8 Å². The number of hydrogen-bond donors (Lipinski definition) is 1. The highest BCUT2D eigenvalue weighted by atomic mass is 16.5. The molecule has 4 rings (SSSR count). The van der Waals surface area contributed by atoms with Gasteiger partial charge in [-0.2, -0.15) is 0 Å². The van der Waals surface area contributed by atoms with Crippen LogP contribution in [0.25, 0.3) is 0 Å². The van der Waals surface area contributed by atoms with Crippen LogP contribution in [0.4, 0.5) is 11.4 Å². The van der Waals surface area contributed by atoms with Gasteiger partial charge >= 0.3 is 0 Å². The van der Waals surface area contributed by atoms with Crippen LogP contribution >= 0.6 is 0 Å². The van der Waals surface area contributed by atoms with E-state index in [0.717, 1.165) is 54.4 Å². The van der Waals surface area contributed by atoms with Crippen LogP contribution in [0.5, 0.6) is 5.75 Å². The Labute approximate surface area is 188 Å². The summed E-state index contributed by atoms with van der Waals surface area (Å²) >= 11 is 0. The predicted octanol–water partition coefficient (Wildman–Crippen LogP) is 4.18. The Bertz CT molecular complexity index is 1080. The first-order chi connectivity index (χ1) is 15.4. The summed E-state index contributed by atoms with van der Waals surface area (Å²) in [6, 6.07) is 13.3. The third kappa shape index (κ3) is 4.94. The van der Waals surface area contributed by atoms with Crippen molar-refractivity contribution in [3.8, 4) is 5.75 Å². The first kappa shape index (κ1) is 21.9. The number of nitrogens with zero attached hydrogens (tertiary/aromatic N) is 3. The first-order valence-electron chi connectivity index (χ1n) is 10.9. The Morgan fingerprint density at radius 2 is 1.88 bits per heavy atom. The van der Waals surface area contributed by atoms with Crippen LogP contribution < -0.4 is 15.0 Å². The number of carbonyl (C=O) groups is 1. The van der Waals surface area contributed by atoms with Crippen molar-refractivity contribution >= 4 is 17.3 Å². The van der Waals surface area contributed by atoms with E-state index < -0.39 is 0 Å². The standard InChI is InChI=1S/C25H30N4O3/c1-17-14-21(8-9-24(17)29-12-10-28(4)11-13-29)26-25(30)20-6-5-7-22(15-20)31-16-23-18(2)27-32-19(23)3/h5-9,14-15H,10-13,16H2,1-4H3,(H,26,30). The average Bonchev–Trinajstić information content (AvgIpc) is 3.10. The third-order valence-electron chi connectivity index (χ3n) is 5.96. The first-order valence-corrected chi connectivity index (χ1v) is 10.9. The van der Waals surface area contributed by atoms with Crippen LogP contribution in [0.2, 0.25) is 0 Å². The van der Waals surface area contributed by atoms with Gasteiger partial charge in [0.1, 0.15) is 18.1 Å². The lowest BCUT2D eigenvalue weighted by Crippen LogP contribution is -2.44. The van der Waals surface area contributed by atoms with E-state index in [1.54, 1.807) is 12.1 Å². The fraction of sp³-hybridized carbons (Fsp3) is 0.360. The Hall–Kier alpha value is -3.32. The van der Waals surface area contributed by atoms with E-state index >= 15 is 0 Å². The highest BCUT2D eigenvalue weighted by Crippen LogP contribution is 2.25. The topological polar surface area (TPSA) is 70.8 Å². The van der Waals surface area contributed by atoms with Gasteiger partial charge in [-0.15, -0.1) is 0 Å². The van der Waals surface area contributed by atoms with Gasteiger partial charge in [-0.3, -0.25) is 4.79 Å². The minimum Gasteiger partial charge on any atom is -0.489 e. The summed E-state index contributed by atoms with van der Waals surface area (Å²) in [5.41, 5.74) is 5.45. The zero-order valence-corrected chi connectivity index (χ0v) is 19.1. The van der Waals surface area contributed by atoms with E-state index in [9.17, 15) is 4.79 Å². The summed E-state index contributed by atoms with van der Waals surface area (Å²) in [6.07, 6.45) is 0. The lowest BCUT2D eigenvalue weighted by atomic mass is 10.1. The third-order valence-corrected chi connectivity index (χ3v) is 5.96. The molecule has 1 aliphatic rings. The Morgan fingerprint density at radius 1 is 1.09 bits per heavy atom.